The van der Waals surface area contributed by atoms with Crippen LogP contribution < -0.4 is 15.4 Å². The highest BCUT2D eigenvalue weighted by Crippen LogP contribution is 2.26. The Balaban J connectivity index is 1.66. The van der Waals surface area contributed by atoms with E-state index in [1.54, 1.807) is 12.1 Å². The SMILES string of the molecule is CCOc1ccc(NC(=O)CSc2nnc([C@H](NC(=O)c3ccccc3)C(C)C)n2CC)cc1. The third-order valence-electron chi connectivity index (χ3n) is 5.11. The summed E-state index contributed by atoms with van der Waals surface area (Å²) < 4.78 is 7.37. The number of hydrogen-bond acceptors (Lipinski definition) is 6. The van der Waals surface area contributed by atoms with E-state index in [0.29, 0.717) is 35.4 Å². The fraction of sp³-hybridized carbons (Fsp3) is 0.360. The van der Waals surface area contributed by atoms with E-state index >= 15 is 0 Å². The average Bonchev–Trinajstić information content (AvgIpc) is 3.25. The van der Waals surface area contributed by atoms with Crippen LogP contribution in [0.3, 0.4) is 0 Å². The lowest BCUT2D eigenvalue weighted by atomic mass is 10.0. The molecular formula is C25H31N5O3S. The van der Waals surface area contributed by atoms with E-state index in [9.17, 15) is 9.59 Å². The van der Waals surface area contributed by atoms with Gasteiger partial charge in [0.15, 0.2) is 11.0 Å². The zero-order valence-electron chi connectivity index (χ0n) is 19.9. The van der Waals surface area contributed by atoms with Crippen LogP contribution in [-0.2, 0) is 11.3 Å². The number of anilines is 1. The summed E-state index contributed by atoms with van der Waals surface area (Å²) in [4.78, 5) is 25.2. The van der Waals surface area contributed by atoms with Crippen molar-refractivity contribution in [1.82, 2.24) is 20.1 Å². The fourth-order valence-corrected chi connectivity index (χ4v) is 4.22. The molecule has 3 aromatic rings. The highest BCUT2D eigenvalue weighted by atomic mass is 32.2. The first-order chi connectivity index (χ1) is 16.4. The van der Waals surface area contributed by atoms with Crippen molar-refractivity contribution in [2.75, 3.05) is 17.7 Å². The molecule has 2 N–H and O–H groups in total. The summed E-state index contributed by atoms with van der Waals surface area (Å²) in [5, 5.41) is 15.3. The van der Waals surface area contributed by atoms with E-state index in [1.807, 2.05) is 74.7 Å². The lowest BCUT2D eigenvalue weighted by molar-refractivity contribution is -0.113. The van der Waals surface area contributed by atoms with Crippen molar-refractivity contribution >= 4 is 29.3 Å². The number of benzene rings is 2. The number of ether oxygens (including phenoxy) is 1. The van der Waals surface area contributed by atoms with Gasteiger partial charge < -0.3 is 19.9 Å². The van der Waals surface area contributed by atoms with Gasteiger partial charge in [0, 0.05) is 17.8 Å². The Bertz CT molecular complexity index is 1080. The minimum atomic E-state index is -0.313. The molecule has 0 bridgehead atoms. The number of rotatable bonds is 11. The Labute approximate surface area is 204 Å². The van der Waals surface area contributed by atoms with Crippen LogP contribution in [-0.4, -0.2) is 38.9 Å². The van der Waals surface area contributed by atoms with Gasteiger partial charge in [0.2, 0.25) is 5.91 Å². The average molecular weight is 482 g/mol. The van der Waals surface area contributed by atoms with E-state index in [2.05, 4.69) is 20.8 Å². The molecule has 8 nitrogen and oxygen atoms in total. The number of thioether (sulfide) groups is 1. The summed E-state index contributed by atoms with van der Waals surface area (Å²) in [5.41, 5.74) is 1.30. The zero-order valence-corrected chi connectivity index (χ0v) is 20.8. The van der Waals surface area contributed by atoms with Crippen molar-refractivity contribution in [1.29, 1.82) is 0 Å². The predicted octanol–water partition coefficient (Wildman–Crippen LogP) is 4.55. The van der Waals surface area contributed by atoms with Crippen LogP contribution in [0.5, 0.6) is 5.75 Å². The molecule has 34 heavy (non-hydrogen) atoms. The molecule has 0 spiro atoms. The molecule has 0 saturated carbocycles. The van der Waals surface area contributed by atoms with Crippen LogP contribution in [0.4, 0.5) is 5.69 Å². The monoisotopic (exact) mass is 481 g/mol. The zero-order chi connectivity index (χ0) is 24.5. The van der Waals surface area contributed by atoms with Crippen molar-refractivity contribution in [3.8, 4) is 5.75 Å². The van der Waals surface area contributed by atoms with Crippen molar-refractivity contribution < 1.29 is 14.3 Å². The van der Waals surface area contributed by atoms with Crippen LogP contribution in [0.2, 0.25) is 0 Å². The summed E-state index contributed by atoms with van der Waals surface area (Å²) in [7, 11) is 0. The summed E-state index contributed by atoms with van der Waals surface area (Å²) in [6.45, 7) is 9.19. The minimum absolute atomic E-state index is 0.1000. The highest BCUT2D eigenvalue weighted by molar-refractivity contribution is 7.99. The molecule has 1 atom stereocenters. The first-order valence-electron chi connectivity index (χ1n) is 11.4. The molecule has 9 heteroatoms. The molecule has 0 aliphatic heterocycles. The van der Waals surface area contributed by atoms with Crippen LogP contribution in [0, 0.1) is 5.92 Å². The lowest BCUT2D eigenvalue weighted by Crippen LogP contribution is -2.33. The third kappa shape index (κ3) is 6.60. The van der Waals surface area contributed by atoms with Gasteiger partial charge in [-0.1, -0.05) is 43.8 Å². The van der Waals surface area contributed by atoms with E-state index < -0.39 is 0 Å². The van der Waals surface area contributed by atoms with Gasteiger partial charge in [0.25, 0.3) is 5.91 Å². The number of amides is 2. The lowest BCUT2D eigenvalue weighted by Gasteiger charge is -2.22. The van der Waals surface area contributed by atoms with Gasteiger partial charge >= 0.3 is 0 Å². The molecule has 3 rings (SSSR count). The maximum Gasteiger partial charge on any atom is 0.251 e. The Morgan fingerprint density at radius 3 is 2.35 bits per heavy atom. The van der Waals surface area contributed by atoms with Gasteiger partial charge in [0.05, 0.1) is 18.4 Å². The molecule has 0 aliphatic carbocycles. The molecule has 0 radical (unpaired) electrons. The molecule has 1 aromatic heterocycles. The molecule has 0 saturated heterocycles. The Morgan fingerprint density at radius 2 is 1.74 bits per heavy atom. The van der Waals surface area contributed by atoms with Gasteiger partial charge in [-0.15, -0.1) is 10.2 Å². The first-order valence-corrected chi connectivity index (χ1v) is 12.4. The minimum Gasteiger partial charge on any atom is -0.494 e. The molecule has 1 heterocycles. The highest BCUT2D eigenvalue weighted by Gasteiger charge is 2.26. The Morgan fingerprint density at radius 1 is 1.03 bits per heavy atom. The fourth-order valence-electron chi connectivity index (χ4n) is 3.41. The first kappa shape index (κ1) is 25.3. The molecule has 0 aliphatic rings. The number of nitrogens with zero attached hydrogens (tertiary/aromatic N) is 3. The van der Waals surface area contributed by atoms with E-state index in [4.69, 9.17) is 4.74 Å². The second kappa shape index (κ2) is 12.2. The predicted molar refractivity (Wildman–Crippen MR) is 134 cm³/mol. The summed E-state index contributed by atoms with van der Waals surface area (Å²) in [5.74, 6) is 1.43. The van der Waals surface area contributed by atoms with E-state index in [0.717, 1.165) is 5.75 Å². The quantitative estimate of drug-likeness (QED) is 0.390. The normalized spacial score (nSPS) is 11.8. The molecule has 180 valence electrons. The van der Waals surface area contributed by atoms with Gasteiger partial charge in [-0.3, -0.25) is 9.59 Å². The summed E-state index contributed by atoms with van der Waals surface area (Å²) in [6, 6.07) is 16.0. The number of aromatic nitrogens is 3. The molecule has 2 aromatic carbocycles. The molecule has 2 amide bonds. The Kier molecular flexibility index (Phi) is 9.09. The van der Waals surface area contributed by atoms with Crippen molar-refractivity contribution in [2.24, 2.45) is 5.92 Å². The van der Waals surface area contributed by atoms with Crippen LogP contribution in [0.1, 0.15) is 49.9 Å². The largest absolute Gasteiger partial charge is 0.494 e. The van der Waals surface area contributed by atoms with E-state index in [1.165, 1.54) is 11.8 Å². The maximum absolute atomic E-state index is 12.8. The second-order valence-electron chi connectivity index (χ2n) is 7.94. The Hall–Kier alpha value is -3.33. The molecular weight excluding hydrogens is 450 g/mol. The summed E-state index contributed by atoms with van der Waals surface area (Å²) >= 11 is 1.32. The van der Waals surface area contributed by atoms with Crippen LogP contribution >= 0.6 is 11.8 Å². The number of hydrogen-bond donors (Lipinski definition) is 2. The van der Waals surface area contributed by atoms with Gasteiger partial charge in [-0.25, -0.2) is 0 Å². The van der Waals surface area contributed by atoms with Gasteiger partial charge in [0.1, 0.15) is 5.75 Å². The summed E-state index contributed by atoms with van der Waals surface area (Å²) in [6.07, 6.45) is 0. The van der Waals surface area contributed by atoms with E-state index in [-0.39, 0.29) is 29.5 Å². The number of carbonyl (C=O) groups excluding carboxylic acids is 2. The number of nitrogens with one attached hydrogen (secondary N) is 2. The maximum atomic E-state index is 12.8. The smallest absolute Gasteiger partial charge is 0.251 e. The van der Waals surface area contributed by atoms with Gasteiger partial charge in [-0.2, -0.15) is 0 Å². The van der Waals surface area contributed by atoms with Crippen molar-refractivity contribution in [3.63, 3.8) is 0 Å². The van der Waals surface area contributed by atoms with Crippen LogP contribution in [0.25, 0.3) is 0 Å². The van der Waals surface area contributed by atoms with Crippen LogP contribution in [0.15, 0.2) is 59.8 Å². The second-order valence-corrected chi connectivity index (χ2v) is 8.88. The van der Waals surface area contributed by atoms with Gasteiger partial charge in [-0.05, 0) is 56.2 Å². The standard InChI is InChI=1S/C25H31N5O3S/c1-5-30-23(22(17(3)4)27-24(32)18-10-8-7-9-11-18)28-29-25(30)34-16-21(31)26-19-12-14-20(15-13-19)33-6-2/h7-15,17,22H,5-6,16H2,1-4H3,(H,26,31)(H,27,32)/t22-/m1/s1. The third-order valence-corrected chi connectivity index (χ3v) is 6.08. The molecule has 0 fully saturated rings. The van der Waals surface area contributed by atoms with Crippen molar-refractivity contribution in [2.45, 2.75) is 45.4 Å². The molecule has 0 unspecified atom stereocenters. The number of carbonyl (C=O) groups is 2. The topological polar surface area (TPSA) is 98.1 Å². The van der Waals surface area contributed by atoms with Crippen molar-refractivity contribution in [3.05, 3.63) is 66.0 Å².